The highest BCUT2D eigenvalue weighted by Gasteiger charge is 2.14. The monoisotopic (exact) mass is 465 g/mol. The third-order valence-electron chi connectivity index (χ3n) is 4.90. The summed E-state index contributed by atoms with van der Waals surface area (Å²) >= 11 is 1.18. The molecule has 2 aromatic heterocycles. The van der Waals surface area contributed by atoms with Gasteiger partial charge in [0.15, 0.2) is 0 Å². The molecule has 0 aliphatic rings. The molecule has 0 fully saturated rings. The fourth-order valence-electron chi connectivity index (χ4n) is 3.45. The second kappa shape index (κ2) is 10.9. The quantitative estimate of drug-likeness (QED) is 0.306. The van der Waals surface area contributed by atoms with E-state index in [1.165, 1.54) is 23.9 Å². The van der Waals surface area contributed by atoms with Gasteiger partial charge >= 0.3 is 0 Å². The topological polar surface area (TPSA) is 92.3 Å². The summed E-state index contributed by atoms with van der Waals surface area (Å²) in [5.74, 6) is -0.547. The average molecular weight is 466 g/mol. The fraction of sp³-hybridized carbons (Fsp3) is 0.250. The van der Waals surface area contributed by atoms with Crippen molar-refractivity contribution in [2.45, 2.75) is 32.4 Å². The van der Waals surface area contributed by atoms with Gasteiger partial charge in [-0.05, 0) is 62.7 Å². The van der Waals surface area contributed by atoms with E-state index in [1.807, 2.05) is 31.4 Å². The number of benzene rings is 1. The molecule has 33 heavy (non-hydrogen) atoms. The zero-order valence-corrected chi connectivity index (χ0v) is 19.7. The molecule has 9 heteroatoms. The van der Waals surface area contributed by atoms with Gasteiger partial charge in [0, 0.05) is 35.4 Å². The Morgan fingerprint density at radius 1 is 1.30 bits per heavy atom. The van der Waals surface area contributed by atoms with Crippen LogP contribution in [0.15, 0.2) is 46.5 Å². The van der Waals surface area contributed by atoms with Gasteiger partial charge in [0.05, 0.1) is 24.1 Å². The number of carbonyl (C=O) groups is 1. The Morgan fingerprint density at radius 2 is 2.03 bits per heavy atom. The number of nitrogens with zero attached hydrogens (tertiary/aromatic N) is 4. The first-order chi connectivity index (χ1) is 15.8. The van der Waals surface area contributed by atoms with Crippen LogP contribution in [0.25, 0.3) is 5.69 Å². The fourth-order valence-corrected chi connectivity index (χ4v) is 4.31. The Hall–Kier alpha value is -3.48. The van der Waals surface area contributed by atoms with E-state index in [4.69, 9.17) is 4.74 Å². The first-order valence-corrected chi connectivity index (χ1v) is 11.1. The number of carbonyl (C=O) groups excluding carboxylic acids is 1. The van der Waals surface area contributed by atoms with E-state index >= 15 is 0 Å². The van der Waals surface area contributed by atoms with Crippen LogP contribution in [0.4, 0.5) is 4.39 Å². The van der Waals surface area contributed by atoms with E-state index < -0.39 is 0 Å². The number of nitriles is 1. The molecule has 3 rings (SSSR count). The minimum atomic E-state index is -0.316. The van der Waals surface area contributed by atoms with Gasteiger partial charge in [-0.2, -0.15) is 10.4 Å². The van der Waals surface area contributed by atoms with Crippen molar-refractivity contribution in [2.75, 3.05) is 12.9 Å². The molecule has 0 radical (unpaired) electrons. The molecule has 2 heterocycles. The number of hydrogen-bond donors (Lipinski definition) is 1. The van der Waals surface area contributed by atoms with Crippen LogP contribution in [0.3, 0.4) is 0 Å². The second-order valence-corrected chi connectivity index (χ2v) is 8.33. The number of nitrogens with one attached hydrogen (secondary N) is 1. The molecular weight excluding hydrogens is 441 g/mol. The molecule has 170 valence electrons. The molecule has 1 N–H and O–H groups in total. The summed E-state index contributed by atoms with van der Waals surface area (Å²) < 4.78 is 20.4. The summed E-state index contributed by atoms with van der Waals surface area (Å²) in [7, 11) is 1.56. The number of hydrogen-bond acceptors (Lipinski definition) is 6. The molecule has 0 aliphatic heterocycles. The van der Waals surface area contributed by atoms with Crippen molar-refractivity contribution in [2.24, 2.45) is 5.10 Å². The summed E-state index contributed by atoms with van der Waals surface area (Å²) in [5, 5.41) is 14.1. The Morgan fingerprint density at radius 3 is 2.70 bits per heavy atom. The summed E-state index contributed by atoms with van der Waals surface area (Å²) in [4.78, 5) is 16.7. The van der Waals surface area contributed by atoms with Crippen molar-refractivity contribution >= 4 is 23.9 Å². The van der Waals surface area contributed by atoms with Gasteiger partial charge in [0.2, 0.25) is 5.91 Å². The van der Waals surface area contributed by atoms with Gasteiger partial charge in [-0.3, -0.25) is 4.79 Å². The Labute approximate surface area is 196 Å². The summed E-state index contributed by atoms with van der Waals surface area (Å²) in [6.45, 7) is 6.01. The number of hydrazone groups is 1. The average Bonchev–Trinajstić information content (AvgIpc) is 3.06. The molecule has 1 amide bonds. The number of ether oxygens (including phenoxy) is 1. The van der Waals surface area contributed by atoms with Gasteiger partial charge in [0.25, 0.3) is 0 Å². The van der Waals surface area contributed by atoms with Gasteiger partial charge < -0.3 is 9.30 Å². The van der Waals surface area contributed by atoms with Gasteiger partial charge in [0.1, 0.15) is 16.9 Å². The number of aryl methyl sites for hydroxylation is 2. The molecule has 0 spiro atoms. The molecule has 0 saturated heterocycles. The molecular formula is C24H24FN5O2S. The molecule has 7 nitrogen and oxygen atoms in total. The van der Waals surface area contributed by atoms with Crippen LogP contribution in [0.1, 0.15) is 33.8 Å². The normalized spacial score (nSPS) is 11.0. The van der Waals surface area contributed by atoms with Gasteiger partial charge in [-0.25, -0.2) is 14.8 Å². The van der Waals surface area contributed by atoms with E-state index in [1.54, 1.807) is 31.5 Å². The number of amides is 1. The van der Waals surface area contributed by atoms with Gasteiger partial charge in [-0.15, -0.1) is 0 Å². The van der Waals surface area contributed by atoms with Crippen molar-refractivity contribution in [1.82, 2.24) is 15.0 Å². The van der Waals surface area contributed by atoms with Gasteiger partial charge in [-0.1, -0.05) is 11.8 Å². The predicted octanol–water partition coefficient (Wildman–Crippen LogP) is 4.20. The number of methoxy groups -OCH3 is 1. The maximum Gasteiger partial charge on any atom is 0.250 e. The summed E-state index contributed by atoms with van der Waals surface area (Å²) in [6.07, 6.45) is 1.58. The van der Waals surface area contributed by atoms with E-state index in [9.17, 15) is 14.4 Å². The van der Waals surface area contributed by atoms with E-state index in [-0.39, 0.29) is 17.5 Å². The third-order valence-corrected chi connectivity index (χ3v) is 5.87. The number of rotatable bonds is 8. The lowest BCUT2D eigenvalue weighted by molar-refractivity contribution is -0.118. The maximum atomic E-state index is 13.2. The lowest BCUT2D eigenvalue weighted by Gasteiger charge is -2.09. The third kappa shape index (κ3) is 5.86. The highest BCUT2D eigenvalue weighted by molar-refractivity contribution is 8.00. The van der Waals surface area contributed by atoms with E-state index in [2.05, 4.69) is 21.6 Å². The Kier molecular flexibility index (Phi) is 7.98. The maximum absolute atomic E-state index is 13.2. The standard InChI is InChI=1S/C24H24FN5O2S/c1-15-9-19(13-32-4)22(11-26)24(28-15)33-14-23(31)29-27-12-18-10-16(2)30(17(18)3)21-7-5-20(25)6-8-21/h5-10,12H,13-14H2,1-4H3,(H,29,31)/b27-12+. The first kappa shape index (κ1) is 24.2. The minimum Gasteiger partial charge on any atom is -0.380 e. The first-order valence-electron chi connectivity index (χ1n) is 10.1. The molecule has 0 bridgehead atoms. The number of aromatic nitrogens is 2. The van der Waals surface area contributed by atoms with Crippen molar-refractivity contribution < 1.29 is 13.9 Å². The molecule has 0 atom stereocenters. The van der Waals surface area contributed by atoms with Crippen LogP contribution < -0.4 is 5.43 Å². The van der Waals surface area contributed by atoms with Crippen molar-refractivity contribution in [1.29, 1.82) is 5.26 Å². The summed E-state index contributed by atoms with van der Waals surface area (Å²) in [5.41, 5.74) is 7.97. The van der Waals surface area contributed by atoms with Crippen LogP contribution in [0, 0.1) is 37.9 Å². The smallest absolute Gasteiger partial charge is 0.250 e. The molecule has 3 aromatic rings. The number of thioether (sulfide) groups is 1. The zero-order chi connectivity index (χ0) is 24.0. The SMILES string of the molecule is COCc1cc(C)nc(SCC(=O)N/N=C/c2cc(C)n(-c3ccc(F)cc3)c2C)c1C#N. The number of halogens is 1. The van der Waals surface area contributed by atoms with Crippen LogP contribution in [-0.2, 0) is 16.1 Å². The Bertz CT molecular complexity index is 1230. The van der Waals surface area contributed by atoms with Crippen molar-refractivity contribution in [3.63, 3.8) is 0 Å². The second-order valence-electron chi connectivity index (χ2n) is 7.37. The minimum absolute atomic E-state index is 0.0590. The lowest BCUT2D eigenvalue weighted by atomic mass is 10.1. The van der Waals surface area contributed by atoms with Crippen molar-refractivity contribution in [3.05, 3.63) is 76.0 Å². The zero-order valence-electron chi connectivity index (χ0n) is 18.8. The van der Waals surface area contributed by atoms with Crippen LogP contribution in [0.2, 0.25) is 0 Å². The van der Waals surface area contributed by atoms with Crippen LogP contribution >= 0.6 is 11.8 Å². The highest BCUT2D eigenvalue weighted by atomic mass is 32.2. The van der Waals surface area contributed by atoms with Crippen LogP contribution in [-0.4, -0.2) is 34.5 Å². The molecule has 1 aromatic carbocycles. The Balaban J connectivity index is 1.65. The largest absolute Gasteiger partial charge is 0.380 e. The lowest BCUT2D eigenvalue weighted by Crippen LogP contribution is -2.20. The molecule has 0 aliphatic carbocycles. The predicted molar refractivity (Wildman–Crippen MR) is 126 cm³/mol. The summed E-state index contributed by atoms with van der Waals surface area (Å²) in [6, 6.07) is 12.1. The highest BCUT2D eigenvalue weighted by Crippen LogP contribution is 2.24. The van der Waals surface area contributed by atoms with Crippen molar-refractivity contribution in [3.8, 4) is 11.8 Å². The van der Waals surface area contributed by atoms with E-state index in [0.29, 0.717) is 17.2 Å². The number of pyridine rings is 1. The molecule has 0 saturated carbocycles. The molecule has 0 unspecified atom stereocenters. The van der Waals surface area contributed by atoms with E-state index in [0.717, 1.165) is 33.9 Å². The van der Waals surface area contributed by atoms with Crippen LogP contribution in [0.5, 0.6) is 0 Å².